The van der Waals surface area contributed by atoms with Gasteiger partial charge in [0.2, 0.25) is 18.1 Å². The van der Waals surface area contributed by atoms with E-state index in [9.17, 15) is 24.5 Å². The van der Waals surface area contributed by atoms with Gasteiger partial charge in [0.25, 0.3) is 0 Å². The lowest BCUT2D eigenvalue weighted by atomic mass is 9.93. The van der Waals surface area contributed by atoms with Crippen LogP contribution in [0.3, 0.4) is 0 Å². The van der Waals surface area contributed by atoms with Crippen molar-refractivity contribution < 1.29 is 38.7 Å². The highest BCUT2D eigenvalue weighted by atomic mass is 18.2. The molecule has 0 bridgehead atoms. The molecule has 1 aromatic heterocycles. The Kier molecular flexibility index (Phi) is 10.9. The number of nitrogens with two attached hydrogens (primary N) is 1. The number of primary amides is 1. The van der Waals surface area contributed by atoms with Crippen molar-refractivity contribution in [1.82, 2.24) is 15.5 Å². The van der Waals surface area contributed by atoms with Crippen molar-refractivity contribution in [2.45, 2.75) is 84.2 Å². The van der Waals surface area contributed by atoms with E-state index >= 15 is 0 Å². The fourth-order valence-corrected chi connectivity index (χ4v) is 4.38. The number of amides is 1. The van der Waals surface area contributed by atoms with Crippen LogP contribution in [0.15, 0.2) is 18.2 Å². The molecule has 5 atom stereocenters. The molecule has 2 aromatic rings. The number of hydrogen-bond acceptors (Lipinski definition) is 9. The van der Waals surface area contributed by atoms with E-state index in [1.807, 2.05) is 39.0 Å². The lowest BCUT2D eigenvalue weighted by Crippen LogP contribution is -2.58. The third-order valence-electron chi connectivity index (χ3n) is 7.15. The van der Waals surface area contributed by atoms with Crippen LogP contribution in [0.4, 0.5) is 4.39 Å². The van der Waals surface area contributed by atoms with Gasteiger partial charge in [-0.05, 0) is 62.9 Å². The summed E-state index contributed by atoms with van der Waals surface area (Å²) in [5, 5.41) is 40.3. The van der Waals surface area contributed by atoms with Crippen molar-refractivity contribution in [2.24, 2.45) is 11.1 Å². The van der Waals surface area contributed by atoms with Crippen LogP contribution in [0, 0.1) is 12.3 Å². The number of aliphatic hydroxyl groups excluding tert-OH is 3. The molecule has 0 spiro atoms. The molecule has 2 heterocycles. The van der Waals surface area contributed by atoms with Crippen molar-refractivity contribution in [3.63, 3.8) is 0 Å². The Balaban J connectivity index is 1.64. The first-order valence-corrected chi connectivity index (χ1v) is 13.6. The molecule has 0 radical (unpaired) electrons. The molecule has 1 saturated heterocycles. The van der Waals surface area contributed by atoms with Crippen LogP contribution < -0.4 is 20.5 Å². The monoisotopic (exact) mass is 565 g/mol. The summed E-state index contributed by atoms with van der Waals surface area (Å²) >= 11 is 0. The number of aliphatic hydroxyl groups is 3. The van der Waals surface area contributed by atoms with Gasteiger partial charge in [-0.15, -0.1) is 5.10 Å². The Labute approximate surface area is 234 Å². The first-order valence-electron chi connectivity index (χ1n) is 13.6. The molecule has 0 aliphatic carbocycles. The summed E-state index contributed by atoms with van der Waals surface area (Å²) in [6, 6.07) is 5.80. The number of nitrogens with one attached hydrogen (secondary N) is 2. The van der Waals surface area contributed by atoms with Gasteiger partial charge >= 0.3 is 0 Å². The van der Waals surface area contributed by atoms with Crippen molar-refractivity contribution in [3.8, 4) is 11.6 Å². The van der Waals surface area contributed by atoms with Crippen LogP contribution in [0.25, 0.3) is 0 Å². The van der Waals surface area contributed by atoms with Gasteiger partial charge in [-0.3, -0.25) is 9.89 Å². The third-order valence-corrected chi connectivity index (χ3v) is 7.15. The quantitative estimate of drug-likeness (QED) is 0.185. The van der Waals surface area contributed by atoms with E-state index < -0.39 is 42.8 Å². The molecular weight excluding hydrogens is 522 g/mol. The summed E-state index contributed by atoms with van der Waals surface area (Å²) in [5.41, 5.74) is 8.35. The standard InChI is InChI=1S/C28H43FN4O7/c1-15(2)22-19(25(33-32-22)40-26-24(36)23(35)21(29)20(13-34)39-26)12-17-7-8-18(11-16(17)3)38-10-6-9-31-14-28(4,5)27(30)37/h7-8,11,15,20-21,23-24,26,31,34-36H,6,9-10,12-14H2,1-5H3,(H2,30,37)(H,32,33)/t20-,21-,23+,24-,26+/m1/s1/i29-1. The lowest BCUT2D eigenvalue weighted by molar-refractivity contribution is -0.265. The minimum atomic E-state index is -1.95. The van der Waals surface area contributed by atoms with Crippen LogP contribution in [0.2, 0.25) is 0 Å². The van der Waals surface area contributed by atoms with Crippen molar-refractivity contribution in [1.29, 1.82) is 0 Å². The number of H-pyrrole nitrogens is 1. The Morgan fingerprint density at radius 2 is 2.02 bits per heavy atom. The van der Waals surface area contributed by atoms with E-state index in [4.69, 9.17) is 19.9 Å². The van der Waals surface area contributed by atoms with Gasteiger partial charge in [-0.2, -0.15) is 0 Å². The Morgan fingerprint density at radius 1 is 1.30 bits per heavy atom. The van der Waals surface area contributed by atoms with Gasteiger partial charge in [0.1, 0.15) is 24.1 Å². The number of hydrogen-bond donors (Lipinski definition) is 6. The van der Waals surface area contributed by atoms with Crippen molar-refractivity contribution >= 4 is 5.91 Å². The number of alkyl halides is 1. The Hall–Kier alpha value is -2.77. The zero-order chi connectivity index (χ0) is 29.6. The fourth-order valence-electron chi connectivity index (χ4n) is 4.38. The molecule has 40 heavy (non-hydrogen) atoms. The predicted molar refractivity (Wildman–Crippen MR) is 146 cm³/mol. The summed E-state index contributed by atoms with van der Waals surface area (Å²) in [4.78, 5) is 11.4. The highest BCUT2D eigenvalue weighted by Gasteiger charge is 2.46. The SMILES string of the molecule is Cc1cc(OCCCNCC(C)(C)C(N)=O)ccc1Cc1c(O[C@@H]2O[C@H](CO)[C@@H]([18F])[C@H](O)[C@H]2O)n[nH]c1C(C)C. The second-order valence-corrected chi connectivity index (χ2v) is 11.2. The lowest BCUT2D eigenvalue weighted by Gasteiger charge is -2.38. The smallest absolute Gasteiger partial charge is 0.238 e. The summed E-state index contributed by atoms with van der Waals surface area (Å²) < 4.78 is 31.3. The second-order valence-electron chi connectivity index (χ2n) is 11.2. The maximum Gasteiger partial charge on any atom is 0.238 e. The number of nitrogens with zero attached hydrogens (tertiary/aromatic N) is 1. The number of aromatic amines is 1. The van der Waals surface area contributed by atoms with Gasteiger partial charge in [0.15, 0.2) is 6.17 Å². The number of carbonyl (C=O) groups excluding carboxylic acids is 1. The van der Waals surface area contributed by atoms with Gasteiger partial charge in [-0.25, -0.2) is 4.39 Å². The topological polar surface area (TPSA) is 172 Å². The minimum Gasteiger partial charge on any atom is -0.494 e. The maximum atomic E-state index is 14.2. The number of rotatable bonds is 14. The van der Waals surface area contributed by atoms with Gasteiger partial charge in [0, 0.05) is 24.2 Å². The molecule has 224 valence electrons. The van der Waals surface area contributed by atoms with Crippen LogP contribution in [-0.4, -0.2) is 88.5 Å². The average Bonchev–Trinajstić information content (AvgIpc) is 3.30. The first-order chi connectivity index (χ1) is 18.9. The van der Waals surface area contributed by atoms with Gasteiger partial charge in [-0.1, -0.05) is 19.9 Å². The third kappa shape index (κ3) is 7.70. The molecule has 3 rings (SSSR count). The van der Waals surface area contributed by atoms with Crippen molar-refractivity contribution in [3.05, 3.63) is 40.6 Å². The zero-order valence-electron chi connectivity index (χ0n) is 23.8. The van der Waals surface area contributed by atoms with E-state index in [0.29, 0.717) is 26.1 Å². The predicted octanol–water partition coefficient (Wildman–Crippen LogP) is 1.46. The van der Waals surface area contributed by atoms with E-state index in [0.717, 1.165) is 34.6 Å². The molecule has 7 N–H and O–H groups in total. The van der Waals surface area contributed by atoms with E-state index in [-0.39, 0.29) is 17.7 Å². The Bertz CT molecular complexity index is 1120. The number of halogens is 1. The highest BCUT2D eigenvalue weighted by Crippen LogP contribution is 2.32. The maximum absolute atomic E-state index is 14.2. The van der Waals surface area contributed by atoms with Crippen LogP contribution in [0.5, 0.6) is 11.6 Å². The molecular formula is C28H43FN4O7. The molecule has 0 saturated carbocycles. The van der Waals surface area contributed by atoms with Crippen LogP contribution in [-0.2, 0) is 16.0 Å². The number of benzene rings is 1. The second kappa shape index (κ2) is 13.7. The molecule has 12 heteroatoms. The number of aromatic nitrogens is 2. The molecule has 0 unspecified atom stereocenters. The van der Waals surface area contributed by atoms with E-state index in [1.165, 1.54) is 0 Å². The average molecular weight is 566 g/mol. The fraction of sp³-hybridized carbons (Fsp3) is 0.643. The Morgan fingerprint density at radius 3 is 2.65 bits per heavy atom. The van der Waals surface area contributed by atoms with Crippen molar-refractivity contribution in [2.75, 3.05) is 26.3 Å². The van der Waals surface area contributed by atoms with Gasteiger partial charge < -0.3 is 40.6 Å². The summed E-state index contributed by atoms with van der Waals surface area (Å²) in [6.07, 6.45) is -6.90. The van der Waals surface area contributed by atoms with Crippen LogP contribution in [0.1, 0.15) is 62.4 Å². The van der Waals surface area contributed by atoms with Crippen LogP contribution >= 0.6 is 0 Å². The molecule has 11 nitrogen and oxygen atoms in total. The number of ether oxygens (including phenoxy) is 3. The normalized spacial score (nSPS) is 23.4. The molecule has 1 aliphatic heterocycles. The minimum absolute atomic E-state index is 0.0770. The molecule has 1 fully saturated rings. The molecule has 1 amide bonds. The van der Waals surface area contributed by atoms with E-state index in [1.54, 1.807) is 13.8 Å². The number of carbonyl (C=O) groups is 1. The molecule has 1 aromatic carbocycles. The summed E-state index contributed by atoms with van der Waals surface area (Å²) in [5.74, 6) is 0.634. The van der Waals surface area contributed by atoms with Gasteiger partial charge in [0.05, 0.1) is 18.6 Å². The summed E-state index contributed by atoms with van der Waals surface area (Å²) in [7, 11) is 0. The molecule has 1 aliphatic rings. The number of aryl methyl sites for hydroxylation is 1. The zero-order valence-corrected chi connectivity index (χ0v) is 23.8. The highest BCUT2D eigenvalue weighted by molar-refractivity contribution is 5.80. The summed E-state index contributed by atoms with van der Waals surface area (Å²) in [6.45, 7) is 10.6. The first kappa shape index (κ1) is 31.8. The largest absolute Gasteiger partial charge is 0.494 e. The van der Waals surface area contributed by atoms with E-state index in [2.05, 4.69) is 15.5 Å².